The Hall–Kier alpha value is -0.920. The SMILES string of the molecule is NS(=O)(=O)C1CCN(c2ncc(Cl)cn2)C1. The zero-order valence-corrected chi connectivity index (χ0v) is 9.95. The van der Waals surface area contributed by atoms with Crippen molar-refractivity contribution in [1.82, 2.24) is 9.97 Å². The van der Waals surface area contributed by atoms with E-state index in [4.69, 9.17) is 16.7 Å². The molecule has 0 spiro atoms. The molecule has 1 aliphatic heterocycles. The number of hydrogen-bond donors (Lipinski definition) is 1. The maximum atomic E-state index is 11.2. The third-order valence-corrected chi connectivity index (χ3v) is 4.01. The van der Waals surface area contributed by atoms with Crippen molar-refractivity contribution in [2.75, 3.05) is 18.0 Å². The fraction of sp³-hybridized carbons (Fsp3) is 0.500. The van der Waals surface area contributed by atoms with E-state index in [2.05, 4.69) is 9.97 Å². The lowest BCUT2D eigenvalue weighted by Gasteiger charge is -2.15. The molecule has 1 aromatic rings. The van der Waals surface area contributed by atoms with E-state index >= 15 is 0 Å². The van der Waals surface area contributed by atoms with Gasteiger partial charge >= 0.3 is 0 Å². The Kier molecular flexibility index (Phi) is 3.00. The zero-order chi connectivity index (χ0) is 11.8. The summed E-state index contributed by atoms with van der Waals surface area (Å²) in [5.41, 5.74) is 0. The summed E-state index contributed by atoms with van der Waals surface area (Å²) in [5.74, 6) is 0.482. The van der Waals surface area contributed by atoms with E-state index in [9.17, 15) is 8.42 Å². The van der Waals surface area contributed by atoms with Crippen LogP contribution in [0, 0.1) is 0 Å². The number of aromatic nitrogens is 2. The maximum Gasteiger partial charge on any atom is 0.225 e. The van der Waals surface area contributed by atoms with Gasteiger partial charge in [0.15, 0.2) is 0 Å². The molecule has 0 radical (unpaired) electrons. The highest BCUT2D eigenvalue weighted by atomic mass is 35.5. The van der Waals surface area contributed by atoms with Crippen LogP contribution in [0.1, 0.15) is 6.42 Å². The van der Waals surface area contributed by atoms with Crippen LogP contribution in [0.3, 0.4) is 0 Å². The third-order valence-electron chi connectivity index (χ3n) is 2.50. The molecule has 16 heavy (non-hydrogen) atoms. The minimum Gasteiger partial charge on any atom is -0.339 e. The molecule has 88 valence electrons. The van der Waals surface area contributed by atoms with Crippen molar-refractivity contribution in [2.24, 2.45) is 5.14 Å². The van der Waals surface area contributed by atoms with Crippen molar-refractivity contribution >= 4 is 27.6 Å². The molecule has 0 bridgehead atoms. The van der Waals surface area contributed by atoms with E-state index in [1.807, 2.05) is 0 Å². The summed E-state index contributed by atoms with van der Waals surface area (Å²) >= 11 is 5.66. The minimum absolute atomic E-state index is 0.334. The number of hydrogen-bond acceptors (Lipinski definition) is 5. The standard InChI is InChI=1S/C8H11ClN4O2S/c9-6-3-11-8(12-4-6)13-2-1-7(5-13)16(10,14)15/h3-4,7H,1-2,5H2,(H2,10,14,15). The van der Waals surface area contributed by atoms with Crippen LogP contribution in [0.4, 0.5) is 5.95 Å². The van der Waals surface area contributed by atoms with Crippen LogP contribution < -0.4 is 10.0 Å². The van der Waals surface area contributed by atoms with E-state index in [0.29, 0.717) is 30.5 Å². The van der Waals surface area contributed by atoms with Crippen molar-refractivity contribution in [1.29, 1.82) is 0 Å². The average molecular weight is 263 g/mol. The highest BCUT2D eigenvalue weighted by molar-refractivity contribution is 7.89. The van der Waals surface area contributed by atoms with Gasteiger partial charge in [-0.25, -0.2) is 23.5 Å². The van der Waals surface area contributed by atoms with Gasteiger partial charge in [-0.1, -0.05) is 11.6 Å². The number of anilines is 1. The van der Waals surface area contributed by atoms with E-state index in [-0.39, 0.29) is 0 Å². The van der Waals surface area contributed by atoms with E-state index in [1.165, 1.54) is 12.4 Å². The Bertz CT molecular complexity index is 475. The van der Waals surface area contributed by atoms with Crippen LogP contribution in [0.2, 0.25) is 5.02 Å². The van der Waals surface area contributed by atoms with Gasteiger partial charge in [0.25, 0.3) is 0 Å². The second-order valence-electron chi connectivity index (χ2n) is 3.65. The molecule has 0 aromatic carbocycles. The van der Waals surface area contributed by atoms with Gasteiger partial charge in [-0.15, -0.1) is 0 Å². The highest BCUT2D eigenvalue weighted by Gasteiger charge is 2.31. The van der Waals surface area contributed by atoms with Crippen LogP contribution in [-0.4, -0.2) is 36.7 Å². The number of nitrogens with zero attached hydrogens (tertiary/aromatic N) is 3. The first kappa shape index (κ1) is 11.6. The summed E-state index contributed by atoms with van der Waals surface area (Å²) in [6, 6.07) is 0. The molecule has 0 amide bonds. The summed E-state index contributed by atoms with van der Waals surface area (Å²) in [6.45, 7) is 0.920. The molecule has 1 fully saturated rings. The van der Waals surface area contributed by atoms with Gasteiger partial charge in [-0.3, -0.25) is 0 Å². The normalized spacial score (nSPS) is 21.4. The molecule has 0 aliphatic carbocycles. The average Bonchev–Trinajstić information content (AvgIpc) is 2.67. The molecule has 1 atom stereocenters. The molecule has 0 saturated carbocycles. The zero-order valence-electron chi connectivity index (χ0n) is 8.38. The van der Waals surface area contributed by atoms with Gasteiger partial charge in [-0.05, 0) is 6.42 Å². The van der Waals surface area contributed by atoms with Gasteiger partial charge in [-0.2, -0.15) is 0 Å². The number of rotatable bonds is 2. The molecule has 2 rings (SSSR count). The molecule has 1 saturated heterocycles. The first-order valence-electron chi connectivity index (χ1n) is 4.71. The van der Waals surface area contributed by atoms with Gasteiger partial charge in [0, 0.05) is 13.1 Å². The number of nitrogens with two attached hydrogens (primary N) is 1. The Balaban J connectivity index is 2.12. The summed E-state index contributed by atoms with van der Waals surface area (Å²) in [5, 5.41) is 5.00. The van der Waals surface area contributed by atoms with Gasteiger partial charge < -0.3 is 4.90 Å². The Morgan fingerprint density at radius 2 is 2.06 bits per heavy atom. The molecule has 1 unspecified atom stereocenters. The molecular weight excluding hydrogens is 252 g/mol. The fourth-order valence-electron chi connectivity index (χ4n) is 1.65. The van der Waals surface area contributed by atoms with E-state index in [0.717, 1.165) is 0 Å². The lowest BCUT2D eigenvalue weighted by Crippen LogP contribution is -2.32. The van der Waals surface area contributed by atoms with Crippen molar-refractivity contribution in [3.8, 4) is 0 Å². The van der Waals surface area contributed by atoms with Gasteiger partial charge in [0.2, 0.25) is 16.0 Å². The predicted octanol–water partition coefficient (Wildman–Crippen LogP) is -0.00280. The summed E-state index contributed by atoms with van der Waals surface area (Å²) in [6.07, 6.45) is 3.47. The molecule has 6 nitrogen and oxygen atoms in total. The van der Waals surface area contributed by atoms with Crippen LogP contribution in [0.15, 0.2) is 12.4 Å². The smallest absolute Gasteiger partial charge is 0.225 e. The molecule has 2 N–H and O–H groups in total. The van der Waals surface area contributed by atoms with Crippen molar-refractivity contribution in [2.45, 2.75) is 11.7 Å². The van der Waals surface area contributed by atoms with Crippen molar-refractivity contribution in [3.63, 3.8) is 0 Å². The molecule has 1 aromatic heterocycles. The van der Waals surface area contributed by atoms with Gasteiger partial charge in [0.05, 0.1) is 22.7 Å². The molecular formula is C8H11ClN4O2S. The first-order valence-corrected chi connectivity index (χ1v) is 6.69. The predicted molar refractivity (Wildman–Crippen MR) is 60.8 cm³/mol. The number of sulfonamides is 1. The Labute approximate surface area is 98.5 Å². The maximum absolute atomic E-state index is 11.2. The first-order chi connectivity index (χ1) is 7.47. The third kappa shape index (κ3) is 2.42. The number of halogens is 1. The van der Waals surface area contributed by atoms with Crippen LogP contribution in [-0.2, 0) is 10.0 Å². The van der Waals surface area contributed by atoms with E-state index < -0.39 is 15.3 Å². The fourth-order valence-corrected chi connectivity index (χ4v) is 2.57. The summed E-state index contributed by atoms with van der Waals surface area (Å²) in [4.78, 5) is 9.83. The second-order valence-corrected chi connectivity index (χ2v) is 5.93. The lowest BCUT2D eigenvalue weighted by molar-refractivity contribution is 0.585. The largest absolute Gasteiger partial charge is 0.339 e. The Morgan fingerprint density at radius 3 is 2.56 bits per heavy atom. The van der Waals surface area contributed by atoms with Crippen LogP contribution in [0.5, 0.6) is 0 Å². The minimum atomic E-state index is -3.47. The number of primary sulfonamides is 1. The Morgan fingerprint density at radius 1 is 1.44 bits per heavy atom. The van der Waals surface area contributed by atoms with Crippen LogP contribution >= 0.6 is 11.6 Å². The second kappa shape index (κ2) is 4.15. The highest BCUT2D eigenvalue weighted by Crippen LogP contribution is 2.19. The van der Waals surface area contributed by atoms with Crippen molar-refractivity contribution < 1.29 is 8.42 Å². The summed E-state index contributed by atoms with van der Waals surface area (Å²) in [7, 11) is -3.47. The van der Waals surface area contributed by atoms with Crippen LogP contribution in [0.25, 0.3) is 0 Å². The molecule has 1 aliphatic rings. The monoisotopic (exact) mass is 262 g/mol. The lowest BCUT2D eigenvalue weighted by atomic mass is 10.4. The summed E-state index contributed by atoms with van der Waals surface area (Å²) < 4.78 is 22.3. The molecule has 2 heterocycles. The van der Waals surface area contributed by atoms with Crippen molar-refractivity contribution in [3.05, 3.63) is 17.4 Å². The topological polar surface area (TPSA) is 89.2 Å². The van der Waals surface area contributed by atoms with Gasteiger partial charge in [0.1, 0.15) is 0 Å². The molecule has 8 heteroatoms. The quantitative estimate of drug-likeness (QED) is 0.810. The van der Waals surface area contributed by atoms with E-state index in [1.54, 1.807) is 4.90 Å².